The van der Waals surface area contributed by atoms with Gasteiger partial charge in [0.15, 0.2) is 11.2 Å². The molecule has 3 heterocycles. The zero-order valence-corrected chi connectivity index (χ0v) is 59.0. The van der Waals surface area contributed by atoms with Gasteiger partial charge in [0.05, 0.1) is 22.2 Å². The Bertz CT molecular complexity index is 6570. The maximum absolute atomic E-state index is 6.29. The predicted molar refractivity (Wildman–Crippen MR) is 443 cm³/mol. The molecule has 0 saturated carbocycles. The number of anilines is 6. The van der Waals surface area contributed by atoms with Gasteiger partial charge in [-0.1, -0.05) is 305 Å². The average Bonchev–Trinajstić information content (AvgIpc) is 1.55. The third kappa shape index (κ3) is 10.2. The second-order valence-corrected chi connectivity index (χ2v) is 28.8. The second-order valence-electron chi connectivity index (χ2n) is 28.8. The normalized spacial score (nSPS) is 13.6. The molecule has 22 rings (SSSR count). The van der Waals surface area contributed by atoms with Gasteiger partial charge in [-0.2, -0.15) is 0 Å². The Morgan fingerprint density at radius 2 is 0.542 bits per heavy atom. The number of hydrogen-bond donors (Lipinski definition) is 3. The smallest absolute Gasteiger partial charge is 0.158 e. The van der Waals surface area contributed by atoms with Crippen LogP contribution >= 0.6 is 0 Å². The number of nitrogens with one attached hydrogen (secondary N) is 3. The van der Waals surface area contributed by atoms with Gasteiger partial charge >= 0.3 is 0 Å². The highest BCUT2D eigenvalue weighted by Gasteiger charge is 2.48. The maximum Gasteiger partial charge on any atom is 0.158 e. The van der Waals surface area contributed by atoms with Crippen LogP contribution in [-0.4, -0.2) is 0 Å². The van der Waals surface area contributed by atoms with E-state index in [1.807, 2.05) is 36.4 Å². The SMILES string of the molecule is CC1(C)c2ccccc2-c2ccc(Nc3cccc4c3oc3ccccc34)cc21.c1ccc(C2(c3ccccc3)c3ccccc3-c3cc(Nc4cccc5c4oc4ccccc45)ccc32)cc1.c1ccc(C2(c3ccccc3)c3ccccc3-c3ccc(Nc4ccc5oc6ccccc6c5c4)cc32)cc1. The summed E-state index contributed by atoms with van der Waals surface area (Å²) in [7, 11) is 0. The number of benzene rings is 16. The Hall–Kier alpha value is -13.7. The van der Waals surface area contributed by atoms with Crippen LogP contribution in [0.25, 0.3) is 99.2 Å². The molecule has 3 N–H and O–H groups in total. The molecule has 508 valence electrons. The van der Waals surface area contributed by atoms with Crippen LogP contribution in [0, 0.1) is 0 Å². The van der Waals surface area contributed by atoms with Crippen molar-refractivity contribution < 1.29 is 13.3 Å². The van der Waals surface area contributed by atoms with Crippen molar-refractivity contribution in [1.82, 2.24) is 0 Å². The largest absolute Gasteiger partial charge is 0.456 e. The molecule has 16 aromatic carbocycles. The van der Waals surface area contributed by atoms with Gasteiger partial charge < -0.3 is 29.2 Å². The van der Waals surface area contributed by atoms with Crippen molar-refractivity contribution in [1.29, 1.82) is 0 Å². The van der Waals surface area contributed by atoms with Crippen molar-refractivity contribution in [3.05, 3.63) is 432 Å². The fraction of sp³-hybridized carbons (Fsp3) is 0.0495. The van der Waals surface area contributed by atoms with E-state index < -0.39 is 5.41 Å². The van der Waals surface area contributed by atoms with Crippen LogP contribution in [0.5, 0.6) is 0 Å². The van der Waals surface area contributed by atoms with Crippen LogP contribution in [0.3, 0.4) is 0 Å². The summed E-state index contributed by atoms with van der Waals surface area (Å²) in [6, 6.07) is 134. The highest BCUT2D eigenvalue weighted by molar-refractivity contribution is 6.11. The van der Waals surface area contributed by atoms with Crippen molar-refractivity contribution in [3.8, 4) is 33.4 Å². The zero-order valence-electron chi connectivity index (χ0n) is 59.0. The molecule has 0 radical (unpaired) electrons. The number of para-hydroxylation sites is 5. The molecule has 0 fully saturated rings. The van der Waals surface area contributed by atoms with Crippen molar-refractivity contribution >= 4 is 99.9 Å². The lowest BCUT2D eigenvalue weighted by molar-refractivity contribution is 0.660. The minimum absolute atomic E-state index is 0.00497. The molecule has 0 atom stereocenters. The Morgan fingerprint density at radius 1 is 0.206 bits per heavy atom. The van der Waals surface area contributed by atoms with Crippen LogP contribution in [0.15, 0.2) is 389 Å². The molecule has 0 saturated heterocycles. The summed E-state index contributed by atoms with van der Waals surface area (Å²) in [5.41, 5.74) is 31.6. The number of rotatable bonds is 10. The third-order valence-corrected chi connectivity index (χ3v) is 22.5. The van der Waals surface area contributed by atoms with Gasteiger partial charge in [0.25, 0.3) is 0 Å². The van der Waals surface area contributed by atoms with E-state index >= 15 is 0 Å². The topological polar surface area (TPSA) is 75.5 Å². The highest BCUT2D eigenvalue weighted by atomic mass is 16.3. The van der Waals surface area contributed by atoms with Gasteiger partial charge in [0.2, 0.25) is 0 Å². The molecule has 107 heavy (non-hydrogen) atoms. The van der Waals surface area contributed by atoms with Gasteiger partial charge in [0.1, 0.15) is 22.3 Å². The van der Waals surface area contributed by atoms with Gasteiger partial charge in [-0.05, 0) is 174 Å². The maximum atomic E-state index is 6.29. The lowest BCUT2D eigenvalue weighted by Crippen LogP contribution is -2.28. The van der Waals surface area contributed by atoms with Crippen molar-refractivity contribution in [3.63, 3.8) is 0 Å². The molecule has 3 aliphatic carbocycles. The first-order valence-electron chi connectivity index (χ1n) is 36.8. The van der Waals surface area contributed by atoms with Gasteiger partial charge in [-0.25, -0.2) is 0 Å². The Morgan fingerprint density at radius 3 is 1.07 bits per heavy atom. The van der Waals surface area contributed by atoms with Gasteiger partial charge in [-0.15, -0.1) is 0 Å². The molecule has 0 unspecified atom stereocenters. The van der Waals surface area contributed by atoms with E-state index in [1.54, 1.807) is 0 Å². The van der Waals surface area contributed by atoms with E-state index in [2.05, 4.69) is 370 Å². The van der Waals surface area contributed by atoms with Crippen LogP contribution in [0.1, 0.15) is 69.5 Å². The summed E-state index contributed by atoms with van der Waals surface area (Å²) >= 11 is 0. The summed E-state index contributed by atoms with van der Waals surface area (Å²) < 4.78 is 18.5. The Kier molecular flexibility index (Phi) is 14.9. The van der Waals surface area contributed by atoms with E-state index in [1.165, 1.54) is 89.0 Å². The average molecular weight is 1370 g/mol. The lowest BCUT2D eigenvalue weighted by Gasteiger charge is -2.34. The first kappa shape index (κ1) is 63.0. The Labute approximate surface area is 620 Å². The van der Waals surface area contributed by atoms with Gasteiger partial charge in [0, 0.05) is 60.5 Å². The van der Waals surface area contributed by atoms with Crippen molar-refractivity contribution in [2.75, 3.05) is 16.0 Å². The predicted octanol–water partition coefficient (Wildman–Crippen LogP) is 27.0. The first-order valence-corrected chi connectivity index (χ1v) is 36.8. The van der Waals surface area contributed by atoms with Crippen molar-refractivity contribution in [2.45, 2.75) is 30.1 Å². The second kappa shape index (κ2) is 25.3. The van der Waals surface area contributed by atoms with Crippen LogP contribution in [0.2, 0.25) is 0 Å². The van der Waals surface area contributed by atoms with E-state index in [-0.39, 0.29) is 10.8 Å². The summed E-state index contributed by atoms with van der Waals surface area (Å²) in [6.07, 6.45) is 0. The fourth-order valence-electron chi connectivity index (χ4n) is 17.8. The summed E-state index contributed by atoms with van der Waals surface area (Å²) in [5.74, 6) is 0. The number of fused-ring (bicyclic) bond motifs is 18. The van der Waals surface area contributed by atoms with Crippen LogP contribution < -0.4 is 16.0 Å². The molecule has 0 bridgehead atoms. The molecule has 0 aliphatic heterocycles. The van der Waals surface area contributed by atoms with Crippen LogP contribution in [-0.2, 0) is 16.2 Å². The van der Waals surface area contributed by atoms with E-state index in [4.69, 9.17) is 13.3 Å². The monoisotopic (exact) mass is 1370 g/mol. The minimum atomic E-state index is -0.406. The standard InChI is InChI=1S/2C37H25NO.C27H21NO/c1-3-12-25(13-4-1)37(26-14-5-2-6-15-26)32-19-9-7-16-28(32)31-24-27(22-23-33(31)37)38-34-20-11-18-30-29-17-8-10-21-35(29)39-36(30)34;1-3-11-25(12-4-1)37(26-13-5-2-6-14-26)33-17-9-7-15-29(33)30-21-19-28(24-34(30)37)38-27-20-22-36-32(23-27)31-16-8-10-18-35(31)39-36;1-27(2)22-11-5-3-8-18(22)19-15-14-17(16-23(19)27)28-24-12-7-10-21-20-9-4-6-13-25(20)29-26(21)24/h2*1-24,38H;3-16,28H,1-2H3. The summed E-state index contributed by atoms with van der Waals surface area (Å²) in [4.78, 5) is 0. The Balaban J connectivity index is 0.000000107. The van der Waals surface area contributed by atoms with E-state index in [0.717, 1.165) is 99.9 Å². The molecule has 19 aromatic rings. The molecule has 6 nitrogen and oxygen atoms in total. The van der Waals surface area contributed by atoms with Crippen molar-refractivity contribution in [2.24, 2.45) is 0 Å². The van der Waals surface area contributed by atoms with Gasteiger partial charge in [-0.3, -0.25) is 0 Å². The third-order valence-electron chi connectivity index (χ3n) is 22.5. The number of hydrogen-bond acceptors (Lipinski definition) is 6. The molecule has 0 amide bonds. The number of furan rings is 3. The highest BCUT2D eigenvalue weighted by Crippen LogP contribution is 2.59. The molecular formula is C101H71N3O3. The van der Waals surface area contributed by atoms with Crippen LogP contribution in [0.4, 0.5) is 34.1 Å². The molecule has 3 aliphatic rings. The molecule has 0 spiro atoms. The fourth-order valence-corrected chi connectivity index (χ4v) is 17.8. The zero-order chi connectivity index (χ0) is 71.2. The van der Waals surface area contributed by atoms with E-state index in [0.29, 0.717) is 0 Å². The lowest BCUT2D eigenvalue weighted by atomic mass is 9.67. The molecule has 3 aromatic heterocycles. The minimum Gasteiger partial charge on any atom is -0.456 e. The molecular weight excluding hydrogens is 1300 g/mol. The first-order chi connectivity index (χ1) is 52.8. The quantitative estimate of drug-likeness (QED) is 0.127. The summed E-state index contributed by atoms with van der Waals surface area (Å²) in [6.45, 7) is 4.61. The van der Waals surface area contributed by atoms with E-state index in [9.17, 15) is 0 Å². The summed E-state index contributed by atoms with van der Waals surface area (Å²) in [5, 5.41) is 17.8. The molecule has 6 heteroatoms.